The van der Waals surface area contributed by atoms with Crippen LogP contribution in [0, 0.1) is 0 Å². The number of nitrogens with two attached hydrogens (primary N) is 1. The third-order valence-corrected chi connectivity index (χ3v) is 1.56. The van der Waals surface area contributed by atoms with Gasteiger partial charge in [0.2, 0.25) is 0 Å². The minimum absolute atomic E-state index is 0.264. The maximum atomic E-state index is 9.51. The summed E-state index contributed by atoms with van der Waals surface area (Å²) < 4.78 is 0. The second-order valence-corrected chi connectivity index (χ2v) is 2.70. The van der Waals surface area contributed by atoms with Gasteiger partial charge in [-0.2, -0.15) is 0 Å². The van der Waals surface area contributed by atoms with Gasteiger partial charge in [-0.15, -0.1) is 0 Å². The highest BCUT2D eigenvalue weighted by molar-refractivity contribution is 5.26. The van der Waals surface area contributed by atoms with Gasteiger partial charge in [0, 0.05) is 6.04 Å². The quantitative estimate of drug-likeness (QED) is 0.621. The van der Waals surface area contributed by atoms with Crippen LogP contribution in [0.15, 0.2) is 36.5 Å². The molecule has 0 saturated carbocycles. The van der Waals surface area contributed by atoms with Crippen molar-refractivity contribution in [3.05, 3.63) is 36.5 Å². The summed E-state index contributed by atoms with van der Waals surface area (Å²) in [5, 5.41) is 9.51. The Hall–Kier alpha value is -0.860. The highest BCUT2D eigenvalue weighted by Gasteiger charge is 2.11. The number of rotatable bonds is 4. The minimum Gasteiger partial charge on any atom is -0.387 e. The van der Waals surface area contributed by atoms with E-state index in [4.69, 9.17) is 5.73 Å². The predicted octanol–water partition coefficient (Wildman–Crippen LogP) is 1.38. The molecule has 0 spiro atoms. The van der Waals surface area contributed by atoms with Crippen molar-refractivity contribution in [3.8, 4) is 0 Å². The van der Waals surface area contributed by atoms with Crippen molar-refractivity contribution in [2.24, 2.45) is 5.73 Å². The van der Waals surface area contributed by atoms with E-state index in [-0.39, 0.29) is 6.04 Å². The number of allylic oxidation sites excluding steroid dienone is 3. The molecule has 0 aromatic heterocycles. The second-order valence-electron chi connectivity index (χ2n) is 2.70. The summed E-state index contributed by atoms with van der Waals surface area (Å²) in [4.78, 5) is 0. The van der Waals surface area contributed by atoms with E-state index in [1.807, 2.05) is 19.1 Å². The Balaban J connectivity index is 4.43. The SMILES string of the molecule is C=C/C(=C\C=C/C)C(O)C(C)N. The first-order valence-corrected chi connectivity index (χ1v) is 4.02. The third-order valence-electron chi connectivity index (χ3n) is 1.56. The number of aliphatic hydroxyl groups excluding tert-OH is 1. The van der Waals surface area contributed by atoms with E-state index in [2.05, 4.69) is 6.58 Å². The molecular weight excluding hydrogens is 150 g/mol. The Bertz CT molecular complexity index is 192. The van der Waals surface area contributed by atoms with Crippen LogP contribution in [0.4, 0.5) is 0 Å². The lowest BCUT2D eigenvalue weighted by molar-refractivity contribution is 0.190. The van der Waals surface area contributed by atoms with E-state index < -0.39 is 6.10 Å². The molecule has 68 valence electrons. The Morgan fingerprint density at radius 1 is 1.58 bits per heavy atom. The average molecular weight is 167 g/mol. The zero-order valence-electron chi connectivity index (χ0n) is 7.70. The van der Waals surface area contributed by atoms with Gasteiger partial charge >= 0.3 is 0 Å². The third kappa shape index (κ3) is 3.51. The zero-order valence-corrected chi connectivity index (χ0v) is 7.70. The fourth-order valence-corrected chi connectivity index (χ4v) is 0.798. The van der Waals surface area contributed by atoms with Gasteiger partial charge in [-0.25, -0.2) is 0 Å². The van der Waals surface area contributed by atoms with E-state index in [1.54, 1.807) is 19.1 Å². The molecular formula is C10H17NO. The first kappa shape index (κ1) is 11.1. The molecule has 0 aliphatic heterocycles. The largest absolute Gasteiger partial charge is 0.387 e. The van der Waals surface area contributed by atoms with Crippen molar-refractivity contribution in [1.29, 1.82) is 0 Å². The van der Waals surface area contributed by atoms with Crippen molar-refractivity contribution in [2.45, 2.75) is 26.0 Å². The van der Waals surface area contributed by atoms with Gasteiger partial charge in [-0.05, 0) is 19.4 Å². The molecule has 0 aliphatic carbocycles. The molecule has 0 saturated heterocycles. The van der Waals surface area contributed by atoms with Crippen molar-refractivity contribution in [3.63, 3.8) is 0 Å². The number of hydrogen-bond acceptors (Lipinski definition) is 2. The van der Waals surface area contributed by atoms with E-state index in [9.17, 15) is 5.11 Å². The van der Waals surface area contributed by atoms with Gasteiger partial charge in [0.15, 0.2) is 0 Å². The standard InChI is InChI=1S/C10H17NO/c1-4-6-7-9(5-2)10(12)8(3)11/h4-8,10,12H,2,11H2,1,3H3/b6-4-,9-7+. The summed E-state index contributed by atoms with van der Waals surface area (Å²) in [6.07, 6.45) is 6.54. The Morgan fingerprint density at radius 2 is 2.17 bits per heavy atom. The van der Waals surface area contributed by atoms with Crippen LogP contribution < -0.4 is 5.73 Å². The van der Waals surface area contributed by atoms with Crippen LogP contribution in [0.1, 0.15) is 13.8 Å². The molecule has 0 rings (SSSR count). The van der Waals surface area contributed by atoms with Gasteiger partial charge in [0.05, 0.1) is 6.10 Å². The lowest BCUT2D eigenvalue weighted by Crippen LogP contribution is -2.32. The maximum absolute atomic E-state index is 9.51. The van der Waals surface area contributed by atoms with Crippen LogP contribution in [-0.2, 0) is 0 Å². The average Bonchev–Trinajstić information content (AvgIpc) is 2.05. The highest BCUT2D eigenvalue weighted by Crippen LogP contribution is 2.06. The monoisotopic (exact) mass is 167 g/mol. The normalized spacial score (nSPS) is 17.8. The van der Waals surface area contributed by atoms with Crippen molar-refractivity contribution < 1.29 is 5.11 Å². The lowest BCUT2D eigenvalue weighted by atomic mass is 10.0. The van der Waals surface area contributed by atoms with Crippen LogP contribution in [0.5, 0.6) is 0 Å². The van der Waals surface area contributed by atoms with Gasteiger partial charge < -0.3 is 10.8 Å². The molecule has 2 unspecified atom stereocenters. The van der Waals surface area contributed by atoms with Crippen molar-refractivity contribution in [1.82, 2.24) is 0 Å². The molecule has 0 bridgehead atoms. The number of aliphatic hydroxyl groups is 1. The van der Waals surface area contributed by atoms with Crippen LogP contribution in [0.3, 0.4) is 0 Å². The van der Waals surface area contributed by atoms with E-state index in [1.165, 1.54) is 0 Å². The fraction of sp³-hybridized carbons (Fsp3) is 0.400. The van der Waals surface area contributed by atoms with Crippen LogP contribution in [-0.4, -0.2) is 17.3 Å². The molecule has 2 atom stereocenters. The van der Waals surface area contributed by atoms with Gasteiger partial charge in [-0.3, -0.25) is 0 Å². The molecule has 3 N–H and O–H groups in total. The zero-order chi connectivity index (χ0) is 9.56. The smallest absolute Gasteiger partial charge is 0.0937 e. The summed E-state index contributed by atoms with van der Waals surface area (Å²) in [6, 6.07) is -0.264. The molecule has 0 fully saturated rings. The van der Waals surface area contributed by atoms with E-state index >= 15 is 0 Å². The molecule has 0 heterocycles. The molecule has 12 heavy (non-hydrogen) atoms. The van der Waals surface area contributed by atoms with E-state index in [0.717, 1.165) is 5.57 Å². The van der Waals surface area contributed by atoms with Crippen LogP contribution in [0.2, 0.25) is 0 Å². The highest BCUT2D eigenvalue weighted by atomic mass is 16.3. The molecule has 0 radical (unpaired) electrons. The first-order valence-electron chi connectivity index (χ1n) is 4.02. The van der Waals surface area contributed by atoms with Gasteiger partial charge in [-0.1, -0.05) is 30.9 Å². The first-order chi connectivity index (χ1) is 5.63. The van der Waals surface area contributed by atoms with E-state index in [0.29, 0.717) is 0 Å². The Kier molecular flexibility index (Phi) is 5.34. The molecule has 0 aromatic carbocycles. The number of hydrogen-bond donors (Lipinski definition) is 2. The fourth-order valence-electron chi connectivity index (χ4n) is 0.798. The van der Waals surface area contributed by atoms with Crippen LogP contribution >= 0.6 is 0 Å². The maximum Gasteiger partial charge on any atom is 0.0937 e. The van der Waals surface area contributed by atoms with Gasteiger partial charge in [0.25, 0.3) is 0 Å². The lowest BCUT2D eigenvalue weighted by Gasteiger charge is -2.14. The molecule has 0 aromatic rings. The molecule has 0 amide bonds. The van der Waals surface area contributed by atoms with Crippen LogP contribution in [0.25, 0.3) is 0 Å². The second kappa shape index (κ2) is 5.75. The topological polar surface area (TPSA) is 46.2 Å². The van der Waals surface area contributed by atoms with Crippen molar-refractivity contribution in [2.75, 3.05) is 0 Å². The summed E-state index contributed by atoms with van der Waals surface area (Å²) >= 11 is 0. The molecule has 2 nitrogen and oxygen atoms in total. The summed E-state index contributed by atoms with van der Waals surface area (Å²) in [5.74, 6) is 0. The molecule has 2 heteroatoms. The summed E-state index contributed by atoms with van der Waals surface area (Å²) in [6.45, 7) is 7.27. The predicted molar refractivity (Wildman–Crippen MR) is 52.8 cm³/mol. The van der Waals surface area contributed by atoms with Gasteiger partial charge in [0.1, 0.15) is 0 Å². The summed E-state index contributed by atoms with van der Waals surface area (Å²) in [7, 11) is 0. The Labute approximate surface area is 74.1 Å². The van der Waals surface area contributed by atoms with Crippen molar-refractivity contribution >= 4 is 0 Å². The summed E-state index contributed by atoms with van der Waals surface area (Å²) in [5.41, 5.74) is 6.27. The molecule has 0 aliphatic rings. The minimum atomic E-state index is -0.626. The Morgan fingerprint density at radius 3 is 2.50 bits per heavy atom.